The number of carbonyl (C=O) groups excluding carboxylic acids is 2. The molecule has 0 amide bonds. The Hall–Kier alpha value is -3.34. The Morgan fingerprint density at radius 2 is 1.70 bits per heavy atom. The molecule has 0 spiro atoms. The molecule has 1 aliphatic carbocycles. The van der Waals surface area contributed by atoms with Gasteiger partial charge >= 0.3 is 5.97 Å². The molecule has 5 nitrogen and oxygen atoms in total. The van der Waals surface area contributed by atoms with Crippen molar-refractivity contribution in [1.29, 1.82) is 0 Å². The molecule has 2 atom stereocenters. The van der Waals surface area contributed by atoms with E-state index >= 15 is 0 Å². The highest BCUT2D eigenvalue weighted by Gasteiger charge is 2.42. The van der Waals surface area contributed by atoms with Crippen molar-refractivity contribution in [2.24, 2.45) is 0 Å². The first-order chi connectivity index (χ1) is 14.5. The Labute approximate surface area is 176 Å². The molecule has 0 fully saturated rings. The monoisotopic (exact) mass is 403 g/mol. The molecule has 1 aliphatic heterocycles. The van der Waals surface area contributed by atoms with Crippen LogP contribution < -0.4 is 10.1 Å². The van der Waals surface area contributed by atoms with Gasteiger partial charge in [-0.3, -0.25) is 4.79 Å². The fourth-order valence-corrected chi connectivity index (χ4v) is 4.60. The van der Waals surface area contributed by atoms with E-state index in [0.29, 0.717) is 35.4 Å². The first-order valence-electron chi connectivity index (χ1n) is 10.0. The van der Waals surface area contributed by atoms with E-state index in [1.807, 2.05) is 49.4 Å². The van der Waals surface area contributed by atoms with Crippen LogP contribution in [-0.4, -0.2) is 26.0 Å². The van der Waals surface area contributed by atoms with Crippen LogP contribution in [0.15, 0.2) is 77.1 Å². The quantitative estimate of drug-likeness (QED) is 0.774. The van der Waals surface area contributed by atoms with E-state index in [9.17, 15) is 9.59 Å². The van der Waals surface area contributed by atoms with Gasteiger partial charge in [-0.05, 0) is 30.9 Å². The summed E-state index contributed by atoms with van der Waals surface area (Å²) in [5.74, 6) is -0.170. The second-order valence-electron chi connectivity index (χ2n) is 7.66. The van der Waals surface area contributed by atoms with Gasteiger partial charge in [0.15, 0.2) is 5.78 Å². The van der Waals surface area contributed by atoms with Crippen LogP contribution in [-0.2, 0) is 14.3 Å². The number of methoxy groups -OCH3 is 2. The van der Waals surface area contributed by atoms with Crippen LogP contribution in [0, 0.1) is 0 Å². The summed E-state index contributed by atoms with van der Waals surface area (Å²) in [6.45, 7) is 1.86. The summed E-state index contributed by atoms with van der Waals surface area (Å²) in [5.41, 5.74) is 4.61. The molecule has 5 heteroatoms. The zero-order valence-electron chi connectivity index (χ0n) is 17.4. The number of esters is 1. The van der Waals surface area contributed by atoms with E-state index in [0.717, 1.165) is 16.8 Å². The van der Waals surface area contributed by atoms with Crippen LogP contribution >= 0.6 is 0 Å². The lowest BCUT2D eigenvalue weighted by atomic mass is 9.71. The number of carbonyl (C=O) groups is 2. The highest BCUT2D eigenvalue weighted by atomic mass is 16.5. The van der Waals surface area contributed by atoms with Crippen molar-refractivity contribution in [1.82, 2.24) is 5.32 Å². The molecule has 1 heterocycles. The van der Waals surface area contributed by atoms with Gasteiger partial charge in [-0.2, -0.15) is 0 Å². The number of benzene rings is 2. The average Bonchev–Trinajstić information content (AvgIpc) is 2.78. The lowest BCUT2D eigenvalue weighted by Crippen LogP contribution is -2.36. The van der Waals surface area contributed by atoms with Crippen LogP contribution in [0.2, 0.25) is 0 Å². The van der Waals surface area contributed by atoms with Gasteiger partial charge in [0.1, 0.15) is 5.75 Å². The zero-order valence-corrected chi connectivity index (χ0v) is 17.4. The maximum Gasteiger partial charge on any atom is 0.336 e. The van der Waals surface area contributed by atoms with Crippen molar-refractivity contribution in [3.05, 3.63) is 88.3 Å². The zero-order chi connectivity index (χ0) is 21.3. The minimum Gasteiger partial charge on any atom is -0.496 e. The molecule has 0 unspecified atom stereocenters. The van der Waals surface area contributed by atoms with Crippen molar-refractivity contribution < 1.29 is 19.1 Å². The highest BCUT2D eigenvalue weighted by molar-refractivity contribution is 6.04. The number of hydrogen-bond acceptors (Lipinski definition) is 5. The maximum atomic E-state index is 13.4. The molecule has 0 saturated carbocycles. The van der Waals surface area contributed by atoms with Crippen molar-refractivity contribution in [3.8, 4) is 5.75 Å². The van der Waals surface area contributed by atoms with E-state index in [4.69, 9.17) is 9.47 Å². The maximum absolute atomic E-state index is 13.4. The van der Waals surface area contributed by atoms with Crippen molar-refractivity contribution in [2.45, 2.75) is 31.6 Å². The minimum atomic E-state index is -0.519. The van der Waals surface area contributed by atoms with Gasteiger partial charge < -0.3 is 14.8 Å². The van der Waals surface area contributed by atoms with E-state index in [1.165, 1.54) is 7.11 Å². The Balaban J connectivity index is 1.85. The van der Waals surface area contributed by atoms with E-state index in [-0.39, 0.29) is 11.7 Å². The van der Waals surface area contributed by atoms with Gasteiger partial charge in [0.05, 0.1) is 25.7 Å². The Morgan fingerprint density at radius 1 is 1.00 bits per heavy atom. The Kier molecular flexibility index (Phi) is 5.44. The third-order valence-electron chi connectivity index (χ3n) is 5.95. The Bertz CT molecular complexity index is 1050. The third-order valence-corrected chi connectivity index (χ3v) is 5.95. The minimum absolute atomic E-state index is 0.0439. The third kappa shape index (κ3) is 3.41. The molecule has 154 valence electrons. The molecular weight excluding hydrogens is 378 g/mol. The molecular formula is C25H25NO4. The lowest BCUT2D eigenvalue weighted by Gasteiger charge is -2.37. The highest BCUT2D eigenvalue weighted by Crippen LogP contribution is 2.47. The number of rotatable bonds is 4. The van der Waals surface area contributed by atoms with Gasteiger partial charge in [-0.15, -0.1) is 0 Å². The smallest absolute Gasteiger partial charge is 0.336 e. The van der Waals surface area contributed by atoms with Crippen LogP contribution in [0.3, 0.4) is 0 Å². The van der Waals surface area contributed by atoms with Gasteiger partial charge in [0, 0.05) is 29.0 Å². The molecule has 0 radical (unpaired) electrons. The summed E-state index contributed by atoms with van der Waals surface area (Å²) in [7, 11) is 2.96. The number of ether oxygens (including phenoxy) is 2. The van der Waals surface area contributed by atoms with Gasteiger partial charge in [-0.1, -0.05) is 48.5 Å². The fraction of sp³-hybridized carbons (Fsp3) is 0.280. The van der Waals surface area contributed by atoms with Gasteiger partial charge in [0.25, 0.3) is 0 Å². The predicted molar refractivity (Wildman–Crippen MR) is 114 cm³/mol. The summed E-state index contributed by atoms with van der Waals surface area (Å²) < 4.78 is 10.7. The number of dihydropyridines is 1. The van der Waals surface area contributed by atoms with E-state index in [1.54, 1.807) is 7.11 Å². The van der Waals surface area contributed by atoms with Crippen LogP contribution in [0.1, 0.15) is 42.7 Å². The molecule has 0 saturated heterocycles. The summed E-state index contributed by atoms with van der Waals surface area (Å²) >= 11 is 0. The van der Waals surface area contributed by atoms with Crippen molar-refractivity contribution >= 4 is 11.8 Å². The number of Topliss-reactive ketones (excluding diaryl/α,β-unsaturated/α-hetero) is 1. The summed E-state index contributed by atoms with van der Waals surface area (Å²) in [4.78, 5) is 26.2. The molecule has 4 rings (SSSR count). The number of hydrogen-bond donors (Lipinski definition) is 1. The van der Waals surface area contributed by atoms with Gasteiger partial charge in [-0.25, -0.2) is 4.79 Å². The first-order valence-corrected chi connectivity index (χ1v) is 10.0. The second kappa shape index (κ2) is 8.19. The standard InChI is InChI=1S/C25H25NO4/c1-15-22(25(28)30-3)23(18-11-7-8-12-21(18)29-2)24-19(26-15)13-17(14-20(24)27)16-9-5-4-6-10-16/h4-12,17,23,26H,13-14H2,1-3H3/t17-,23+/m1/s1. The molecule has 2 aromatic carbocycles. The number of ketones is 1. The van der Waals surface area contributed by atoms with Crippen molar-refractivity contribution in [3.63, 3.8) is 0 Å². The van der Waals surface area contributed by atoms with Gasteiger partial charge in [0.2, 0.25) is 0 Å². The predicted octanol–water partition coefficient (Wildman–Crippen LogP) is 4.23. The van der Waals surface area contributed by atoms with Crippen LogP contribution in [0.5, 0.6) is 5.75 Å². The second-order valence-corrected chi connectivity index (χ2v) is 7.66. The normalized spacial score (nSPS) is 21.1. The topological polar surface area (TPSA) is 64.6 Å². The summed E-state index contributed by atoms with van der Waals surface area (Å²) in [6, 6.07) is 17.6. The molecule has 0 aromatic heterocycles. The fourth-order valence-electron chi connectivity index (χ4n) is 4.60. The molecule has 0 bridgehead atoms. The summed E-state index contributed by atoms with van der Waals surface area (Å²) in [5, 5.41) is 3.35. The number of para-hydroxylation sites is 1. The molecule has 2 aromatic rings. The SMILES string of the molecule is COC(=O)C1=C(C)NC2=C(C(=O)C[C@H](c3ccccc3)C2)[C@H]1c1ccccc1OC. The lowest BCUT2D eigenvalue weighted by molar-refractivity contribution is -0.136. The molecule has 1 N–H and O–H groups in total. The van der Waals surface area contributed by atoms with E-state index < -0.39 is 11.9 Å². The largest absolute Gasteiger partial charge is 0.496 e. The summed E-state index contributed by atoms with van der Waals surface area (Å²) in [6.07, 6.45) is 1.12. The Morgan fingerprint density at radius 3 is 2.40 bits per heavy atom. The van der Waals surface area contributed by atoms with Crippen LogP contribution in [0.4, 0.5) is 0 Å². The number of nitrogens with one attached hydrogen (secondary N) is 1. The van der Waals surface area contributed by atoms with Crippen LogP contribution in [0.25, 0.3) is 0 Å². The average molecular weight is 403 g/mol. The molecule has 30 heavy (non-hydrogen) atoms. The number of allylic oxidation sites excluding steroid dienone is 3. The van der Waals surface area contributed by atoms with E-state index in [2.05, 4.69) is 17.4 Å². The van der Waals surface area contributed by atoms with Crippen molar-refractivity contribution in [2.75, 3.05) is 14.2 Å². The molecule has 2 aliphatic rings. The first kappa shape index (κ1) is 20.0.